The average molecular weight is 385 g/mol. The van der Waals surface area contributed by atoms with Crippen LogP contribution in [-0.2, 0) is 16.4 Å². The van der Waals surface area contributed by atoms with E-state index < -0.39 is 10.0 Å². The minimum atomic E-state index is -3.65. The molecule has 104 valence electrons. The van der Waals surface area contributed by atoms with Crippen LogP contribution in [0.4, 0.5) is 5.82 Å². The van der Waals surface area contributed by atoms with Crippen LogP contribution in [0.3, 0.4) is 0 Å². The maximum absolute atomic E-state index is 12.1. The highest BCUT2D eigenvalue weighted by Gasteiger charge is 2.20. The zero-order valence-electron chi connectivity index (χ0n) is 9.91. The van der Waals surface area contributed by atoms with Gasteiger partial charge in [-0.2, -0.15) is 5.10 Å². The van der Waals surface area contributed by atoms with E-state index in [4.69, 9.17) is 11.6 Å². The van der Waals surface area contributed by atoms with E-state index in [2.05, 4.69) is 30.8 Å². The van der Waals surface area contributed by atoms with Crippen molar-refractivity contribution in [1.29, 1.82) is 0 Å². The average Bonchev–Trinajstić information content (AvgIpc) is 2.88. The third-order valence-corrected chi connectivity index (χ3v) is 6.58. The molecule has 2 rings (SSSR count). The van der Waals surface area contributed by atoms with Crippen molar-refractivity contribution in [3.63, 3.8) is 0 Å². The summed E-state index contributed by atoms with van der Waals surface area (Å²) in [5.74, 6) is 0.282. The van der Waals surface area contributed by atoms with Crippen LogP contribution in [-0.4, -0.2) is 18.6 Å². The van der Waals surface area contributed by atoms with E-state index in [0.717, 1.165) is 29.9 Å². The Hall–Kier alpha value is -0.570. The van der Waals surface area contributed by atoms with Gasteiger partial charge in [-0.15, -0.1) is 11.3 Å². The van der Waals surface area contributed by atoms with E-state index in [1.54, 1.807) is 6.07 Å². The van der Waals surface area contributed by atoms with E-state index in [9.17, 15) is 8.42 Å². The van der Waals surface area contributed by atoms with Crippen molar-refractivity contribution in [1.82, 2.24) is 10.2 Å². The molecule has 2 N–H and O–H groups in total. The van der Waals surface area contributed by atoms with Gasteiger partial charge in [-0.1, -0.05) is 24.9 Å². The summed E-state index contributed by atoms with van der Waals surface area (Å²) in [7, 11) is -3.65. The van der Waals surface area contributed by atoms with Gasteiger partial charge in [0.15, 0.2) is 5.82 Å². The predicted octanol–water partition coefficient (Wildman–Crippen LogP) is 3.64. The van der Waals surface area contributed by atoms with E-state index in [0.29, 0.717) is 8.81 Å². The maximum Gasteiger partial charge on any atom is 0.272 e. The fourth-order valence-electron chi connectivity index (χ4n) is 1.46. The van der Waals surface area contributed by atoms with Crippen molar-refractivity contribution in [2.24, 2.45) is 0 Å². The molecule has 0 aliphatic carbocycles. The number of hydrogen-bond acceptors (Lipinski definition) is 4. The number of halogens is 2. The number of aromatic amines is 1. The summed E-state index contributed by atoms with van der Waals surface area (Å²) in [4.78, 5) is 0. The molecule has 0 fully saturated rings. The van der Waals surface area contributed by atoms with Gasteiger partial charge in [-0.3, -0.25) is 9.82 Å². The first kappa shape index (κ1) is 14.8. The number of sulfonamides is 1. The Bertz CT molecular complexity index is 661. The Morgan fingerprint density at radius 1 is 1.53 bits per heavy atom. The van der Waals surface area contributed by atoms with Crippen LogP contribution in [0, 0.1) is 0 Å². The molecule has 0 amide bonds. The molecule has 0 spiro atoms. The highest BCUT2D eigenvalue weighted by Crippen LogP contribution is 2.35. The minimum Gasteiger partial charge on any atom is -0.280 e. The number of rotatable bonds is 5. The third-order valence-electron chi connectivity index (χ3n) is 2.28. The standard InChI is InChI=1S/C10H11BrClN3O2S2/c1-2-3-6-4-8(14-13-6)15-19(16,17)9-5-7(12)10(11)18-9/h4-5H,2-3H2,1H3,(H2,13,14,15). The molecular formula is C10H11BrClN3O2S2. The number of H-pyrrole nitrogens is 1. The molecule has 0 bridgehead atoms. The van der Waals surface area contributed by atoms with Crippen LogP contribution in [0.5, 0.6) is 0 Å². The van der Waals surface area contributed by atoms with Crippen molar-refractivity contribution in [2.45, 2.75) is 24.0 Å². The molecule has 0 unspecified atom stereocenters. The summed E-state index contributed by atoms with van der Waals surface area (Å²) in [5, 5.41) is 7.08. The Morgan fingerprint density at radius 2 is 2.26 bits per heavy atom. The van der Waals surface area contributed by atoms with Gasteiger partial charge in [0, 0.05) is 11.8 Å². The van der Waals surface area contributed by atoms with E-state index in [-0.39, 0.29) is 10.0 Å². The van der Waals surface area contributed by atoms with Gasteiger partial charge >= 0.3 is 0 Å². The second kappa shape index (κ2) is 5.82. The number of thiophene rings is 1. The van der Waals surface area contributed by atoms with Crippen molar-refractivity contribution in [2.75, 3.05) is 4.72 Å². The monoisotopic (exact) mass is 383 g/mol. The first-order valence-electron chi connectivity index (χ1n) is 5.44. The molecule has 19 heavy (non-hydrogen) atoms. The second-order valence-corrected chi connectivity index (χ2v) is 8.51. The van der Waals surface area contributed by atoms with E-state index in [1.165, 1.54) is 6.07 Å². The molecule has 0 aromatic carbocycles. The summed E-state index contributed by atoms with van der Waals surface area (Å²) in [6.07, 6.45) is 1.78. The van der Waals surface area contributed by atoms with Crippen molar-refractivity contribution >= 4 is 54.7 Å². The summed E-state index contributed by atoms with van der Waals surface area (Å²) in [6.45, 7) is 2.04. The minimum absolute atomic E-state index is 0.143. The summed E-state index contributed by atoms with van der Waals surface area (Å²) in [5.41, 5.74) is 0.894. The third kappa shape index (κ3) is 3.50. The Morgan fingerprint density at radius 3 is 2.84 bits per heavy atom. The number of hydrogen-bond donors (Lipinski definition) is 2. The van der Waals surface area contributed by atoms with Crippen molar-refractivity contribution < 1.29 is 8.42 Å². The number of nitrogens with zero attached hydrogens (tertiary/aromatic N) is 1. The molecule has 9 heteroatoms. The lowest BCUT2D eigenvalue weighted by Gasteiger charge is -2.01. The highest BCUT2D eigenvalue weighted by molar-refractivity contribution is 9.11. The van der Waals surface area contributed by atoms with Gasteiger partial charge in [0.05, 0.1) is 8.81 Å². The van der Waals surface area contributed by atoms with Crippen LogP contribution in [0.2, 0.25) is 5.02 Å². The fraction of sp³-hybridized carbons (Fsp3) is 0.300. The Labute approximate surface area is 128 Å². The highest BCUT2D eigenvalue weighted by atomic mass is 79.9. The summed E-state index contributed by atoms with van der Waals surface area (Å²) >= 11 is 10.1. The van der Waals surface area contributed by atoms with Gasteiger partial charge in [-0.05, 0) is 28.4 Å². The molecule has 0 saturated carbocycles. The number of aromatic nitrogens is 2. The van der Waals surface area contributed by atoms with Crippen molar-refractivity contribution in [3.05, 3.63) is 26.6 Å². The van der Waals surface area contributed by atoms with E-state index >= 15 is 0 Å². The Balaban J connectivity index is 2.20. The van der Waals surface area contributed by atoms with Crippen LogP contribution in [0.1, 0.15) is 19.0 Å². The van der Waals surface area contributed by atoms with Crippen LogP contribution >= 0.6 is 38.9 Å². The fourth-order valence-corrected chi connectivity index (χ4v) is 4.85. The maximum atomic E-state index is 12.1. The molecule has 0 aliphatic rings. The molecule has 2 aromatic rings. The van der Waals surface area contributed by atoms with Gasteiger partial charge in [-0.25, -0.2) is 8.42 Å². The molecule has 2 heterocycles. The van der Waals surface area contributed by atoms with Crippen molar-refractivity contribution in [3.8, 4) is 0 Å². The van der Waals surface area contributed by atoms with Gasteiger partial charge in [0.2, 0.25) is 0 Å². The van der Waals surface area contributed by atoms with E-state index in [1.807, 2.05) is 6.92 Å². The van der Waals surface area contributed by atoms with Crippen LogP contribution < -0.4 is 4.72 Å². The SMILES string of the molecule is CCCc1cc(NS(=O)(=O)c2cc(Cl)c(Br)s2)n[nH]1. The normalized spacial score (nSPS) is 11.7. The first-order valence-corrected chi connectivity index (χ1v) is 8.91. The smallest absolute Gasteiger partial charge is 0.272 e. The number of aryl methyl sites for hydroxylation is 1. The molecule has 0 saturated heterocycles. The molecule has 0 radical (unpaired) electrons. The van der Waals surface area contributed by atoms with Crippen LogP contribution in [0.25, 0.3) is 0 Å². The molecule has 0 aliphatic heterocycles. The zero-order chi connectivity index (χ0) is 14.0. The number of anilines is 1. The van der Waals surface area contributed by atoms with Gasteiger partial charge in [0.1, 0.15) is 4.21 Å². The summed E-state index contributed by atoms with van der Waals surface area (Å²) < 4.78 is 27.3. The lowest BCUT2D eigenvalue weighted by Crippen LogP contribution is -2.11. The van der Waals surface area contributed by atoms with Gasteiger partial charge < -0.3 is 0 Å². The topological polar surface area (TPSA) is 74.8 Å². The number of nitrogens with one attached hydrogen (secondary N) is 2. The molecule has 0 atom stereocenters. The Kier molecular flexibility index (Phi) is 4.54. The van der Waals surface area contributed by atoms with Crippen LogP contribution in [0.15, 0.2) is 20.1 Å². The largest absolute Gasteiger partial charge is 0.280 e. The first-order chi connectivity index (χ1) is 8.92. The summed E-state index contributed by atoms with van der Waals surface area (Å²) in [6, 6.07) is 3.09. The second-order valence-electron chi connectivity index (χ2n) is 3.82. The lowest BCUT2D eigenvalue weighted by molar-refractivity contribution is 0.603. The van der Waals surface area contributed by atoms with Gasteiger partial charge in [0.25, 0.3) is 10.0 Å². The molecular weight excluding hydrogens is 374 g/mol. The molecule has 5 nitrogen and oxygen atoms in total. The zero-order valence-corrected chi connectivity index (χ0v) is 13.9. The molecule has 2 aromatic heterocycles. The predicted molar refractivity (Wildman–Crippen MR) is 80.4 cm³/mol. The lowest BCUT2D eigenvalue weighted by atomic mass is 10.2. The quantitative estimate of drug-likeness (QED) is 0.826.